The summed E-state index contributed by atoms with van der Waals surface area (Å²) in [5.41, 5.74) is 3.88. The van der Waals surface area contributed by atoms with Crippen LogP contribution >= 0.6 is 23.2 Å². The maximum atomic E-state index is 10.7. The summed E-state index contributed by atoms with van der Waals surface area (Å²) in [5, 5.41) is 25.2. The van der Waals surface area contributed by atoms with Crippen molar-refractivity contribution in [2.75, 3.05) is 5.43 Å². The van der Waals surface area contributed by atoms with Gasteiger partial charge in [0.25, 0.3) is 5.69 Å². The van der Waals surface area contributed by atoms with Crippen LogP contribution in [0.3, 0.4) is 0 Å². The third kappa shape index (κ3) is 3.66. The summed E-state index contributed by atoms with van der Waals surface area (Å²) in [6.45, 7) is 1.64. The number of nitrogens with zero attached hydrogens (tertiary/aromatic N) is 2. The lowest BCUT2D eigenvalue weighted by atomic mass is 10.1. The van der Waals surface area contributed by atoms with Crippen LogP contribution in [-0.4, -0.2) is 15.7 Å². The molecule has 0 aliphatic carbocycles. The molecule has 0 aliphatic heterocycles. The van der Waals surface area contributed by atoms with Crippen molar-refractivity contribution >= 4 is 40.3 Å². The molecule has 114 valence electrons. The molecule has 0 spiro atoms. The lowest BCUT2D eigenvalue weighted by Gasteiger charge is -2.07. The second-order valence-electron chi connectivity index (χ2n) is 4.40. The molecule has 0 amide bonds. The predicted molar refractivity (Wildman–Crippen MR) is 87.1 cm³/mol. The van der Waals surface area contributed by atoms with Crippen LogP contribution in [-0.2, 0) is 0 Å². The summed E-state index contributed by atoms with van der Waals surface area (Å²) in [6, 6.07) is 8.85. The van der Waals surface area contributed by atoms with E-state index in [2.05, 4.69) is 10.5 Å². The average molecular weight is 340 g/mol. The van der Waals surface area contributed by atoms with E-state index < -0.39 is 4.92 Å². The molecule has 8 heteroatoms. The molecule has 22 heavy (non-hydrogen) atoms. The number of aromatic hydroxyl groups is 1. The Bertz CT molecular complexity index is 763. The molecule has 2 aromatic carbocycles. The van der Waals surface area contributed by atoms with Gasteiger partial charge in [0.15, 0.2) is 0 Å². The maximum absolute atomic E-state index is 10.7. The molecule has 2 N–H and O–H groups in total. The summed E-state index contributed by atoms with van der Waals surface area (Å²) < 4.78 is 0. The lowest BCUT2D eigenvalue weighted by molar-refractivity contribution is -0.384. The van der Waals surface area contributed by atoms with E-state index in [9.17, 15) is 15.2 Å². The quantitative estimate of drug-likeness (QED) is 0.489. The van der Waals surface area contributed by atoms with Gasteiger partial charge in [-0.1, -0.05) is 29.3 Å². The van der Waals surface area contributed by atoms with Gasteiger partial charge in [-0.2, -0.15) is 5.10 Å². The van der Waals surface area contributed by atoms with Crippen molar-refractivity contribution in [3.8, 4) is 5.75 Å². The first-order valence-electron chi connectivity index (χ1n) is 6.11. The van der Waals surface area contributed by atoms with Crippen molar-refractivity contribution in [2.45, 2.75) is 6.92 Å². The highest BCUT2D eigenvalue weighted by atomic mass is 35.5. The van der Waals surface area contributed by atoms with Crippen molar-refractivity contribution in [2.24, 2.45) is 5.10 Å². The molecule has 0 radical (unpaired) electrons. The number of phenols is 1. The molecule has 2 rings (SSSR count). The molecule has 0 atom stereocenters. The highest BCUT2D eigenvalue weighted by molar-refractivity contribution is 6.36. The van der Waals surface area contributed by atoms with Crippen molar-refractivity contribution < 1.29 is 10.0 Å². The van der Waals surface area contributed by atoms with Crippen LogP contribution in [0, 0.1) is 10.1 Å². The zero-order valence-corrected chi connectivity index (χ0v) is 12.9. The number of phenolic OH excluding ortho intramolecular Hbond substituents is 1. The molecule has 0 fully saturated rings. The number of nitro groups is 1. The van der Waals surface area contributed by atoms with Crippen LogP contribution in [0.5, 0.6) is 5.75 Å². The van der Waals surface area contributed by atoms with Crippen molar-refractivity contribution in [1.29, 1.82) is 0 Å². The number of halogens is 2. The van der Waals surface area contributed by atoms with E-state index in [1.165, 1.54) is 24.3 Å². The summed E-state index contributed by atoms with van der Waals surface area (Å²) >= 11 is 11.7. The maximum Gasteiger partial charge on any atom is 0.271 e. The topological polar surface area (TPSA) is 87.8 Å². The predicted octanol–water partition coefficient (Wildman–Crippen LogP) is 4.44. The van der Waals surface area contributed by atoms with E-state index >= 15 is 0 Å². The van der Waals surface area contributed by atoms with Crippen LogP contribution < -0.4 is 5.43 Å². The highest BCUT2D eigenvalue weighted by Crippen LogP contribution is 2.31. The van der Waals surface area contributed by atoms with Gasteiger partial charge < -0.3 is 5.11 Å². The molecule has 0 aliphatic rings. The fourth-order valence-corrected chi connectivity index (χ4v) is 2.23. The smallest absolute Gasteiger partial charge is 0.271 e. The van der Waals surface area contributed by atoms with Crippen molar-refractivity contribution in [1.82, 2.24) is 0 Å². The van der Waals surface area contributed by atoms with E-state index in [4.69, 9.17) is 23.2 Å². The van der Waals surface area contributed by atoms with Gasteiger partial charge >= 0.3 is 0 Å². The van der Waals surface area contributed by atoms with Gasteiger partial charge in [-0.25, -0.2) is 0 Å². The molecule has 0 saturated heterocycles. The number of nitro benzene ring substituents is 1. The van der Waals surface area contributed by atoms with Crippen LogP contribution in [0.4, 0.5) is 11.4 Å². The molecule has 0 unspecified atom stereocenters. The van der Waals surface area contributed by atoms with Gasteiger partial charge in [0.2, 0.25) is 0 Å². The Labute approximate surface area is 136 Å². The highest BCUT2D eigenvalue weighted by Gasteiger charge is 2.11. The van der Waals surface area contributed by atoms with Crippen LogP contribution in [0.25, 0.3) is 0 Å². The molecular formula is C14H11Cl2N3O3. The molecule has 0 saturated carbocycles. The number of nitrogens with one attached hydrogen (secondary N) is 1. The van der Waals surface area contributed by atoms with Gasteiger partial charge in [-0.05, 0) is 25.1 Å². The Morgan fingerprint density at radius 3 is 2.73 bits per heavy atom. The first-order chi connectivity index (χ1) is 10.4. The van der Waals surface area contributed by atoms with E-state index in [0.717, 1.165) is 0 Å². The fourth-order valence-electron chi connectivity index (χ4n) is 1.74. The average Bonchev–Trinajstić information content (AvgIpc) is 2.48. The van der Waals surface area contributed by atoms with Gasteiger partial charge in [0.1, 0.15) is 5.75 Å². The third-order valence-corrected chi connectivity index (χ3v) is 3.33. The van der Waals surface area contributed by atoms with Gasteiger partial charge in [0.05, 0.1) is 21.3 Å². The number of benzene rings is 2. The fraction of sp³-hybridized carbons (Fsp3) is 0.0714. The minimum Gasteiger partial charge on any atom is -0.506 e. The number of rotatable bonds is 4. The SMILES string of the molecule is CC(=NNc1cccc([N+](=O)[O-])c1)c1cc(Cl)cc(Cl)c1O. The zero-order valence-electron chi connectivity index (χ0n) is 11.4. The second-order valence-corrected chi connectivity index (χ2v) is 5.24. The summed E-state index contributed by atoms with van der Waals surface area (Å²) in [6.07, 6.45) is 0. The summed E-state index contributed by atoms with van der Waals surface area (Å²) in [4.78, 5) is 10.2. The van der Waals surface area contributed by atoms with E-state index in [-0.39, 0.29) is 16.5 Å². The minimum atomic E-state index is -0.496. The molecule has 2 aromatic rings. The largest absolute Gasteiger partial charge is 0.506 e. The Morgan fingerprint density at radius 1 is 1.32 bits per heavy atom. The first-order valence-corrected chi connectivity index (χ1v) is 6.87. The Balaban J connectivity index is 2.27. The minimum absolute atomic E-state index is 0.0495. The number of hydrogen-bond donors (Lipinski definition) is 2. The second kappa shape index (κ2) is 6.64. The molecule has 0 aromatic heterocycles. The number of hydrazone groups is 1. The molecular weight excluding hydrogens is 329 g/mol. The van der Waals surface area contributed by atoms with Crippen molar-refractivity contribution in [3.05, 3.63) is 62.1 Å². The monoisotopic (exact) mass is 339 g/mol. The molecule has 6 nitrogen and oxygen atoms in total. The van der Waals surface area contributed by atoms with Crippen LogP contribution in [0.1, 0.15) is 12.5 Å². The lowest BCUT2D eigenvalue weighted by Crippen LogP contribution is -2.01. The van der Waals surface area contributed by atoms with E-state index in [1.807, 2.05) is 0 Å². The number of hydrogen-bond acceptors (Lipinski definition) is 5. The number of anilines is 1. The van der Waals surface area contributed by atoms with E-state index in [1.54, 1.807) is 19.1 Å². The summed E-state index contributed by atoms with van der Waals surface area (Å²) in [5.74, 6) is -0.131. The number of non-ortho nitro benzene ring substituents is 1. The first kappa shape index (κ1) is 16.1. The zero-order chi connectivity index (χ0) is 16.3. The Kier molecular flexibility index (Phi) is 4.85. The molecule has 0 heterocycles. The van der Waals surface area contributed by atoms with Gasteiger partial charge in [-0.3, -0.25) is 15.5 Å². The van der Waals surface area contributed by atoms with Crippen LogP contribution in [0.15, 0.2) is 41.5 Å². The Morgan fingerprint density at radius 2 is 2.05 bits per heavy atom. The van der Waals surface area contributed by atoms with Crippen molar-refractivity contribution in [3.63, 3.8) is 0 Å². The van der Waals surface area contributed by atoms with Gasteiger partial charge in [-0.15, -0.1) is 0 Å². The molecule has 0 bridgehead atoms. The Hall–Kier alpha value is -2.31. The van der Waals surface area contributed by atoms with E-state index in [0.29, 0.717) is 22.0 Å². The van der Waals surface area contributed by atoms with Crippen LogP contribution in [0.2, 0.25) is 10.0 Å². The normalized spacial score (nSPS) is 11.3. The standard InChI is InChI=1S/C14H11Cl2N3O3/c1-8(12-5-9(15)6-13(16)14(12)20)17-18-10-3-2-4-11(7-10)19(21)22/h2-7,18,20H,1H3. The third-order valence-electron chi connectivity index (χ3n) is 2.83. The summed E-state index contributed by atoms with van der Waals surface area (Å²) in [7, 11) is 0. The van der Waals surface area contributed by atoms with Gasteiger partial charge in [0, 0.05) is 22.7 Å².